The van der Waals surface area contributed by atoms with E-state index in [1.165, 1.54) is 4.90 Å². The maximum absolute atomic E-state index is 12.2. The van der Waals surface area contributed by atoms with Crippen LogP contribution in [0.25, 0.3) is 0 Å². The fourth-order valence-electron chi connectivity index (χ4n) is 2.42. The summed E-state index contributed by atoms with van der Waals surface area (Å²) in [4.78, 5) is 29.8. The monoisotopic (exact) mass is 414 g/mol. The van der Waals surface area contributed by atoms with Crippen LogP contribution in [0.15, 0.2) is 22.9 Å². The number of hydrogen-bond donors (Lipinski definition) is 0. The molecule has 2 heterocycles. The van der Waals surface area contributed by atoms with Gasteiger partial charge in [-0.05, 0) is 55.6 Å². The molecule has 0 bridgehead atoms. The molecule has 1 saturated heterocycles. The van der Waals surface area contributed by atoms with E-state index in [4.69, 9.17) is 14.2 Å². The smallest absolute Gasteiger partial charge is 0.411 e. The molecule has 0 radical (unpaired) electrons. The number of halogens is 1. The van der Waals surface area contributed by atoms with Crippen molar-refractivity contribution in [2.24, 2.45) is 0 Å². The van der Waals surface area contributed by atoms with Gasteiger partial charge in [0.2, 0.25) is 0 Å². The first-order valence-electron chi connectivity index (χ1n) is 8.16. The summed E-state index contributed by atoms with van der Waals surface area (Å²) in [7, 11) is 0. The Morgan fingerprint density at radius 2 is 2.08 bits per heavy atom. The molecule has 25 heavy (non-hydrogen) atoms. The zero-order valence-electron chi connectivity index (χ0n) is 14.7. The molecule has 0 aliphatic carbocycles. The van der Waals surface area contributed by atoms with Crippen molar-refractivity contribution in [3.63, 3.8) is 0 Å². The minimum Gasteiger partial charge on any atom is -0.488 e. The van der Waals surface area contributed by atoms with E-state index >= 15 is 0 Å². The van der Waals surface area contributed by atoms with Crippen LogP contribution in [-0.2, 0) is 14.3 Å². The number of nitrogens with zero attached hydrogens (tertiary/aromatic N) is 2. The van der Waals surface area contributed by atoms with Crippen LogP contribution in [0.2, 0.25) is 0 Å². The average Bonchev–Trinajstić information content (AvgIpc) is 2.99. The van der Waals surface area contributed by atoms with Gasteiger partial charge in [0.05, 0.1) is 6.20 Å². The van der Waals surface area contributed by atoms with Gasteiger partial charge < -0.3 is 14.2 Å². The van der Waals surface area contributed by atoms with E-state index in [0.29, 0.717) is 18.7 Å². The lowest BCUT2D eigenvalue weighted by Crippen LogP contribution is -2.44. The number of hydrogen-bond acceptors (Lipinski definition) is 6. The first-order chi connectivity index (χ1) is 11.8. The Balaban J connectivity index is 1.78. The fourth-order valence-corrected chi connectivity index (χ4v) is 2.76. The molecule has 0 aromatic carbocycles. The molecular formula is C17H23BrN2O5. The SMILES string of the molecule is CC(C)(C)OC(=O)N1CCC[C@H]1C(=O)OCCOc1cncc(Br)c1. The molecule has 1 amide bonds. The van der Waals surface area contributed by atoms with Gasteiger partial charge in [0.15, 0.2) is 0 Å². The van der Waals surface area contributed by atoms with Gasteiger partial charge in [-0.15, -0.1) is 0 Å². The number of amides is 1. The molecule has 7 nitrogen and oxygen atoms in total. The Bertz CT molecular complexity index is 617. The molecular weight excluding hydrogens is 392 g/mol. The summed E-state index contributed by atoms with van der Waals surface area (Å²) in [6, 6.07) is 1.18. The van der Waals surface area contributed by atoms with Crippen LogP contribution < -0.4 is 4.74 Å². The first-order valence-corrected chi connectivity index (χ1v) is 8.95. The van der Waals surface area contributed by atoms with Crippen LogP contribution in [0.5, 0.6) is 5.75 Å². The van der Waals surface area contributed by atoms with Crippen molar-refractivity contribution in [2.45, 2.75) is 45.3 Å². The van der Waals surface area contributed by atoms with Crippen molar-refractivity contribution >= 4 is 28.0 Å². The molecule has 1 aromatic heterocycles. The van der Waals surface area contributed by atoms with E-state index in [-0.39, 0.29) is 13.2 Å². The van der Waals surface area contributed by atoms with Gasteiger partial charge in [0, 0.05) is 17.2 Å². The summed E-state index contributed by atoms with van der Waals surface area (Å²) in [5, 5.41) is 0. The van der Waals surface area contributed by atoms with E-state index in [1.807, 2.05) is 0 Å². The van der Waals surface area contributed by atoms with Crippen molar-refractivity contribution < 1.29 is 23.8 Å². The molecule has 1 aliphatic heterocycles. The topological polar surface area (TPSA) is 78.0 Å². The highest BCUT2D eigenvalue weighted by Crippen LogP contribution is 2.22. The Morgan fingerprint density at radius 3 is 2.76 bits per heavy atom. The quantitative estimate of drug-likeness (QED) is 0.543. The summed E-state index contributed by atoms with van der Waals surface area (Å²) in [6.07, 6.45) is 4.07. The lowest BCUT2D eigenvalue weighted by atomic mass is 10.2. The maximum Gasteiger partial charge on any atom is 0.411 e. The highest BCUT2D eigenvalue weighted by atomic mass is 79.9. The van der Waals surface area contributed by atoms with Crippen molar-refractivity contribution in [1.82, 2.24) is 9.88 Å². The zero-order chi connectivity index (χ0) is 18.4. The Kier molecular flexibility index (Phi) is 6.64. The third-order valence-corrected chi connectivity index (χ3v) is 3.86. The average molecular weight is 415 g/mol. The Hall–Kier alpha value is -1.83. The molecule has 0 spiro atoms. The number of pyridine rings is 1. The fraction of sp³-hybridized carbons (Fsp3) is 0.588. The van der Waals surface area contributed by atoms with Gasteiger partial charge in [-0.3, -0.25) is 9.88 Å². The van der Waals surface area contributed by atoms with Crippen LogP contribution in [0.3, 0.4) is 0 Å². The van der Waals surface area contributed by atoms with E-state index < -0.39 is 23.7 Å². The molecule has 138 valence electrons. The second kappa shape index (κ2) is 8.51. The zero-order valence-corrected chi connectivity index (χ0v) is 16.2. The summed E-state index contributed by atoms with van der Waals surface area (Å²) in [6.45, 7) is 6.19. The second-order valence-electron chi connectivity index (χ2n) is 6.69. The molecule has 1 aromatic rings. The standard InChI is InChI=1S/C17H23BrN2O5/c1-17(2,3)25-16(22)20-6-4-5-14(20)15(21)24-8-7-23-13-9-12(18)10-19-11-13/h9-11,14H,4-8H2,1-3H3/t14-/m0/s1. The van der Waals surface area contributed by atoms with E-state index in [0.717, 1.165) is 10.9 Å². The van der Waals surface area contributed by atoms with Crippen molar-refractivity contribution in [2.75, 3.05) is 19.8 Å². The number of rotatable bonds is 5. The largest absolute Gasteiger partial charge is 0.488 e. The molecule has 0 N–H and O–H groups in total. The third-order valence-electron chi connectivity index (χ3n) is 3.43. The lowest BCUT2D eigenvalue weighted by molar-refractivity contribution is -0.149. The Morgan fingerprint density at radius 1 is 1.32 bits per heavy atom. The van der Waals surface area contributed by atoms with Crippen molar-refractivity contribution in [3.05, 3.63) is 22.9 Å². The summed E-state index contributed by atoms with van der Waals surface area (Å²) in [5.74, 6) is 0.154. The number of ether oxygens (including phenoxy) is 3. The molecule has 8 heteroatoms. The van der Waals surface area contributed by atoms with Crippen LogP contribution in [-0.4, -0.2) is 53.3 Å². The molecule has 0 saturated carbocycles. The van der Waals surface area contributed by atoms with Gasteiger partial charge in [-0.1, -0.05) is 0 Å². The predicted octanol–water partition coefficient (Wildman–Crippen LogP) is 3.17. The molecule has 1 atom stereocenters. The van der Waals surface area contributed by atoms with Crippen molar-refractivity contribution in [1.29, 1.82) is 0 Å². The molecule has 2 rings (SSSR count). The molecule has 1 fully saturated rings. The molecule has 0 unspecified atom stereocenters. The van der Waals surface area contributed by atoms with Crippen LogP contribution >= 0.6 is 15.9 Å². The summed E-state index contributed by atoms with van der Waals surface area (Å²) >= 11 is 3.30. The van der Waals surface area contributed by atoms with Crippen molar-refractivity contribution in [3.8, 4) is 5.75 Å². The van der Waals surface area contributed by atoms with Crippen LogP contribution in [0, 0.1) is 0 Å². The number of likely N-dealkylation sites (tertiary alicyclic amines) is 1. The summed E-state index contributed by atoms with van der Waals surface area (Å²) in [5.41, 5.74) is -0.597. The number of carbonyl (C=O) groups excluding carboxylic acids is 2. The number of esters is 1. The van der Waals surface area contributed by atoms with E-state index in [9.17, 15) is 9.59 Å². The van der Waals surface area contributed by atoms with E-state index in [1.54, 1.807) is 39.2 Å². The number of carbonyl (C=O) groups is 2. The second-order valence-corrected chi connectivity index (χ2v) is 7.60. The Labute approximate surface area is 155 Å². The van der Waals surface area contributed by atoms with Crippen LogP contribution in [0.4, 0.5) is 4.79 Å². The van der Waals surface area contributed by atoms with Crippen LogP contribution in [0.1, 0.15) is 33.6 Å². The highest BCUT2D eigenvalue weighted by Gasteiger charge is 2.37. The maximum atomic E-state index is 12.2. The van der Waals surface area contributed by atoms with Gasteiger partial charge in [-0.2, -0.15) is 0 Å². The lowest BCUT2D eigenvalue weighted by Gasteiger charge is -2.27. The summed E-state index contributed by atoms with van der Waals surface area (Å²) < 4.78 is 16.9. The van der Waals surface area contributed by atoms with E-state index in [2.05, 4.69) is 20.9 Å². The first kappa shape index (κ1) is 19.5. The highest BCUT2D eigenvalue weighted by molar-refractivity contribution is 9.10. The van der Waals surface area contributed by atoms with Gasteiger partial charge in [-0.25, -0.2) is 9.59 Å². The normalized spacial score (nSPS) is 17.3. The minimum atomic E-state index is -0.597. The molecule has 1 aliphatic rings. The minimum absolute atomic E-state index is 0.101. The van der Waals surface area contributed by atoms with Gasteiger partial charge >= 0.3 is 12.1 Å². The third kappa shape index (κ3) is 6.19. The number of aromatic nitrogens is 1. The predicted molar refractivity (Wildman–Crippen MR) is 94.4 cm³/mol. The van der Waals surface area contributed by atoms with Gasteiger partial charge in [0.1, 0.15) is 30.6 Å². The van der Waals surface area contributed by atoms with Gasteiger partial charge in [0.25, 0.3) is 0 Å².